The first-order chi connectivity index (χ1) is 14.2. The van der Waals surface area contributed by atoms with Gasteiger partial charge in [-0.25, -0.2) is 4.98 Å². The Balaban J connectivity index is 1.79. The minimum Gasteiger partial charge on any atom is -0.377 e. The van der Waals surface area contributed by atoms with E-state index in [1.807, 2.05) is 43.5 Å². The Kier molecular flexibility index (Phi) is 4.44. The van der Waals surface area contributed by atoms with Crippen LogP contribution in [0, 0.1) is 6.92 Å². The van der Waals surface area contributed by atoms with Crippen molar-refractivity contribution >= 4 is 16.7 Å². The number of aryl methyl sites for hydroxylation is 1. The van der Waals surface area contributed by atoms with Crippen molar-refractivity contribution in [2.75, 3.05) is 24.7 Å². The average molecular weight is 386 g/mol. The van der Waals surface area contributed by atoms with E-state index >= 15 is 0 Å². The zero-order valence-electron chi connectivity index (χ0n) is 16.5. The molecule has 1 saturated heterocycles. The lowest BCUT2D eigenvalue weighted by Crippen LogP contribution is -2.44. The summed E-state index contributed by atoms with van der Waals surface area (Å²) < 4.78 is 5.63. The summed E-state index contributed by atoms with van der Waals surface area (Å²) in [4.78, 5) is 16.7. The summed E-state index contributed by atoms with van der Waals surface area (Å²) in [6.07, 6.45) is 3.54. The first kappa shape index (κ1) is 17.8. The predicted octanol–water partition coefficient (Wildman–Crippen LogP) is 3.62. The Bertz CT molecular complexity index is 1160. The van der Waals surface area contributed by atoms with Crippen LogP contribution in [0.25, 0.3) is 33.5 Å². The Morgan fingerprint density at radius 2 is 2.07 bits per heavy atom. The molecule has 7 heteroatoms. The molecule has 0 aliphatic carbocycles. The zero-order chi connectivity index (χ0) is 19.8. The number of hydrogen-bond acceptors (Lipinski definition) is 6. The SMILES string of the molecule is Cc1cccc(-c2cc(N3CCOC[C@H]3C)nc3c(-c4ccn[nH]4)nccc23)n1. The molecule has 29 heavy (non-hydrogen) atoms. The van der Waals surface area contributed by atoms with E-state index in [0.717, 1.165) is 51.6 Å². The fourth-order valence-electron chi connectivity index (χ4n) is 3.84. The second-order valence-corrected chi connectivity index (χ2v) is 7.34. The number of hydrogen-bond donors (Lipinski definition) is 1. The molecule has 0 unspecified atom stereocenters. The van der Waals surface area contributed by atoms with Crippen molar-refractivity contribution in [2.24, 2.45) is 0 Å². The first-order valence-electron chi connectivity index (χ1n) is 9.78. The van der Waals surface area contributed by atoms with Crippen LogP contribution in [0.15, 0.2) is 48.8 Å². The topological polar surface area (TPSA) is 79.8 Å². The van der Waals surface area contributed by atoms with Gasteiger partial charge in [0.15, 0.2) is 0 Å². The molecule has 1 atom stereocenters. The van der Waals surface area contributed by atoms with Gasteiger partial charge in [-0.2, -0.15) is 5.10 Å². The summed E-state index contributed by atoms with van der Waals surface area (Å²) in [5.41, 5.74) is 5.44. The van der Waals surface area contributed by atoms with E-state index in [9.17, 15) is 0 Å². The standard InChI is InChI=1S/C22H22N6O/c1-14-4-3-5-18(25-14)17-12-20(28-10-11-29-13-15(28)2)26-21-16(17)6-8-23-22(21)19-7-9-24-27-19/h3-9,12,15H,10-11,13H2,1-2H3,(H,24,27)/t15-/m1/s1. The molecule has 1 N–H and O–H groups in total. The van der Waals surface area contributed by atoms with Crippen molar-refractivity contribution in [1.82, 2.24) is 25.1 Å². The quantitative estimate of drug-likeness (QED) is 0.579. The van der Waals surface area contributed by atoms with Crippen LogP contribution in [-0.2, 0) is 4.74 Å². The fourth-order valence-corrected chi connectivity index (χ4v) is 3.84. The molecule has 5 heterocycles. The van der Waals surface area contributed by atoms with Crippen LogP contribution in [0.4, 0.5) is 5.82 Å². The monoisotopic (exact) mass is 386 g/mol. The van der Waals surface area contributed by atoms with Crippen molar-refractivity contribution in [3.8, 4) is 22.6 Å². The van der Waals surface area contributed by atoms with Gasteiger partial charge in [0.1, 0.15) is 17.0 Å². The van der Waals surface area contributed by atoms with Gasteiger partial charge in [-0.3, -0.25) is 15.1 Å². The van der Waals surface area contributed by atoms with Gasteiger partial charge in [-0.05, 0) is 44.2 Å². The molecule has 7 nitrogen and oxygen atoms in total. The third kappa shape index (κ3) is 3.23. The second-order valence-electron chi connectivity index (χ2n) is 7.34. The average Bonchev–Trinajstić information content (AvgIpc) is 3.27. The number of nitrogens with one attached hydrogen (secondary N) is 1. The molecule has 0 spiro atoms. The van der Waals surface area contributed by atoms with Crippen molar-refractivity contribution in [3.05, 3.63) is 54.5 Å². The third-order valence-corrected chi connectivity index (χ3v) is 5.30. The molecule has 0 amide bonds. The number of H-pyrrole nitrogens is 1. The van der Waals surface area contributed by atoms with Gasteiger partial charge >= 0.3 is 0 Å². The number of aromatic amines is 1. The molecule has 0 saturated carbocycles. The maximum absolute atomic E-state index is 5.63. The van der Waals surface area contributed by atoms with Crippen molar-refractivity contribution < 1.29 is 4.74 Å². The van der Waals surface area contributed by atoms with E-state index in [-0.39, 0.29) is 6.04 Å². The number of ether oxygens (including phenoxy) is 1. The number of aromatic nitrogens is 5. The summed E-state index contributed by atoms with van der Waals surface area (Å²) in [6.45, 7) is 6.37. The predicted molar refractivity (Wildman–Crippen MR) is 113 cm³/mol. The Morgan fingerprint density at radius 1 is 1.14 bits per heavy atom. The maximum atomic E-state index is 5.63. The Labute approximate surface area is 168 Å². The molecule has 0 aromatic carbocycles. The number of rotatable bonds is 3. The van der Waals surface area contributed by atoms with E-state index in [1.165, 1.54) is 0 Å². The van der Waals surface area contributed by atoms with Crippen LogP contribution in [0.3, 0.4) is 0 Å². The normalized spacial score (nSPS) is 17.0. The molecule has 146 valence electrons. The lowest BCUT2D eigenvalue weighted by molar-refractivity contribution is 0.0986. The highest BCUT2D eigenvalue weighted by molar-refractivity contribution is 6.01. The minimum atomic E-state index is 0.249. The van der Waals surface area contributed by atoms with Crippen LogP contribution in [0.1, 0.15) is 12.6 Å². The molecule has 0 radical (unpaired) electrons. The highest BCUT2D eigenvalue weighted by Gasteiger charge is 2.23. The van der Waals surface area contributed by atoms with Crippen LogP contribution in [-0.4, -0.2) is 50.9 Å². The van der Waals surface area contributed by atoms with Crippen molar-refractivity contribution in [3.63, 3.8) is 0 Å². The lowest BCUT2D eigenvalue weighted by atomic mass is 10.0. The molecule has 5 rings (SSSR count). The van der Waals surface area contributed by atoms with Crippen molar-refractivity contribution in [2.45, 2.75) is 19.9 Å². The van der Waals surface area contributed by atoms with Gasteiger partial charge in [0.05, 0.1) is 30.6 Å². The van der Waals surface area contributed by atoms with Crippen LogP contribution >= 0.6 is 0 Å². The smallest absolute Gasteiger partial charge is 0.130 e. The second kappa shape index (κ2) is 7.25. The number of morpholine rings is 1. The van der Waals surface area contributed by atoms with Gasteiger partial charge in [-0.1, -0.05) is 6.07 Å². The van der Waals surface area contributed by atoms with E-state index in [4.69, 9.17) is 14.7 Å². The minimum absolute atomic E-state index is 0.249. The summed E-state index contributed by atoms with van der Waals surface area (Å²) in [5, 5.41) is 8.13. The van der Waals surface area contributed by atoms with Gasteiger partial charge in [0.25, 0.3) is 0 Å². The van der Waals surface area contributed by atoms with Gasteiger partial charge < -0.3 is 9.64 Å². The van der Waals surface area contributed by atoms with Crippen molar-refractivity contribution in [1.29, 1.82) is 0 Å². The summed E-state index contributed by atoms with van der Waals surface area (Å²) in [5.74, 6) is 0.917. The van der Waals surface area contributed by atoms with Crippen LogP contribution in [0.5, 0.6) is 0 Å². The molecule has 1 fully saturated rings. The number of nitrogens with zero attached hydrogens (tertiary/aromatic N) is 5. The van der Waals surface area contributed by atoms with Gasteiger partial charge in [0.2, 0.25) is 0 Å². The molecule has 1 aliphatic heterocycles. The highest BCUT2D eigenvalue weighted by Crippen LogP contribution is 2.34. The van der Waals surface area contributed by atoms with Crippen LogP contribution < -0.4 is 4.90 Å². The number of fused-ring (bicyclic) bond motifs is 1. The third-order valence-electron chi connectivity index (χ3n) is 5.30. The molecule has 1 aliphatic rings. The summed E-state index contributed by atoms with van der Waals surface area (Å²) >= 11 is 0. The Hall–Kier alpha value is -3.32. The van der Waals surface area contributed by atoms with Crippen LogP contribution in [0.2, 0.25) is 0 Å². The van der Waals surface area contributed by atoms with Gasteiger partial charge in [0, 0.05) is 35.6 Å². The molecule has 4 aromatic rings. The van der Waals surface area contributed by atoms with E-state index in [2.05, 4.69) is 33.1 Å². The molecular formula is C22H22N6O. The van der Waals surface area contributed by atoms with E-state index in [0.29, 0.717) is 13.2 Å². The largest absolute Gasteiger partial charge is 0.377 e. The molecule has 4 aromatic heterocycles. The zero-order valence-corrected chi connectivity index (χ0v) is 16.5. The van der Waals surface area contributed by atoms with E-state index < -0.39 is 0 Å². The number of anilines is 1. The summed E-state index contributed by atoms with van der Waals surface area (Å²) in [6, 6.07) is 12.4. The number of pyridine rings is 3. The van der Waals surface area contributed by atoms with Gasteiger partial charge in [-0.15, -0.1) is 0 Å². The van der Waals surface area contributed by atoms with E-state index in [1.54, 1.807) is 6.20 Å². The maximum Gasteiger partial charge on any atom is 0.130 e. The lowest BCUT2D eigenvalue weighted by Gasteiger charge is -2.34. The molecular weight excluding hydrogens is 364 g/mol. The first-order valence-corrected chi connectivity index (χ1v) is 9.78. The summed E-state index contributed by atoms with van der Waals surface area (Å²) in [7, 11) is 0. The highest BCUT2D eigenvalue weighted by atomic mass is 16.5. The fraction of sp³-hybridized carbons (Fsp3) is 0.273. The molecule has 0 bridgehead atoms. The Morgan fingerprint density at radius 3 is 2.86 bits per heavy atom.